The van der Waals surface area contributed by atoms with E-state index < -0.39 is 18.2 Å². The van der Waals surface area contributed by atoms with Gasteiger partial charge in [-0.25, -0.2) is 19.6 Å². The van der Waals surface area contributed by atoms with Gasteiger partial charge in [-0.05, 0) is 77.4 Å². The van der Waals surface area contributed by atoms with Crippen molar-refractivity contribution in [3.63, 3.8) is 0 Å². The lowest BCUT2D eigenvalue weighted by Gasteiger charge is -2.30. The summed E-state index contributed by atoms with van der Waals surface area (Å²) in [6.45, 7) is 7.42. The van der Waals surface area contributed by atoms with Gasteiger partial charge in [-0.1, -0.05) is 39.0 Å². The van der Waals surface area contributed by atoms with Crippen LogP contribution in [0.3, 0.4) is 0 Å². The molecule has 3 amide bonds. The Labute approximate surface area is 294 Å². The van der Waals surface area contributed by atoms with Gasteiger partial charge in [0.05, 0.1) is 42.1 Å². The summed E-state index contributed by atoms with van der Waals surface area (Å²) >= 11 is 0. The van der Waals surface area contributed by atoms with Crippen molar-refractivity contribution in [3.8, 4) is 28.1 Å². The van der Waals surface area contributed by atoms with Crippen LogP contribution in [-0.2, 0) is 16.1 Å². The monoisotopic (exact) mass is 691 g/mol. The Balaban J connectivity index is 1.09. The minimum atomic E-state index is -0.922. The van der Waals surface area contributed by atoms with E-state index in [4.69, 9.17) is 14.5 Å². The highest BCUT2D eigenvalue weighted by molar-refractivity contribution is 6.07. The van der Waals surface area contributed by atoms with Crippen LogP contribution in [0.5, 0.6) is 5.75 Å². The minimum absolute atomic E-state index is 0.123. The largest absolute Gasteiger partial charge is 0.488 e. The molecule has 0 bridgehead atoms. The highest BCUT2D eigenvalue weighted by atomic mass is 16.5. The summed E-state index contributed by atoms with van der Waals surface area (Å²) < 4.78 is 11.1. The van der Waals surface area contributed by atoms with Crippen molar-refractivity contribution in [1.82, 2.24) is 35.1 Å². The van der Waals surface area contributed by atoms with Crippen LogP contribution in [0, 0.1) is 11.8 Å². The number of benzene rings is 3. The highest BCUT2D eigenvalue weighted by Gasteiger charge is 2.40. The number of methoxy groups -OCH3 is 1. The number of hydrogen-bond acceptors (Lipinski definition) is 7. The van der Waals surface area contributed by atoms with E-state index in [2.05, 4.69) is 63.6 Å². The molecule has 0 radical (unpaired) electrons. The zero-order valence-corrected chi connectivity index (χ0v) is 29.0. The molecule has 2 saturated heterocycles. The number of fused-ring (bicyclic) bond motifs is 6. The molecule has 4 N–H and O–H groups in total. The second-order valence-electron chi connectivity index (χ2n) is 14.3. The van der Waals surface area contributed by atoms with Gasteiger partial charge in [0, 0.05) is 24.0 Å². The first-order chi connectivity index (χ1) is 24.6. The van der Waals surface area contributed by atoms with Crippen LogP contribution in [0.2, 0.25) is 0 Å². The lowest BCUT2D eigenvalue weighted by atomic mass is 9.92. The van der Waals surface area contributed by atoms with Gasteiger partial charge in [0.1, 0.15) is 30.0 Å². The number of hydrogen-bond donors (Lipinski definition) is 4. The van der Waals surface area contributed by atoms with Crippen molar-refractivity contribution in [2.75, 3.05) is 20.2 Å². The Morgan fingerprint density at radius 3 is 2.67 bits per heavy atom. The quantitative estimate of drug-likeness (QED) is 0.151. The molecule has 0 saturated carbocycles. The maximum atomic E-state index is 13.8. The summed E-state index contributed by atoms with van der Waals surface area (Å²) in [5.74, 6) is 2.17. The fourth-order valence-electron chi connectivity index (χ4n) is 8.00. The molecule has 5 heterocycles. The van der Waals surface area contributed by atoms with Crippen LogP contribution >= 0.6 is 0 Å². The number of alkyl carbamates (subject to hydrolysis) is 1. The van der Waals surface area contributed by atoms with E-state index in [1.54, 1.807) is 6.20 Å². The number of H-pyrrole nitrogens is 2. The molecule has 3 aliphatic rings. The molecule has 5 aromatic rings. The third-order valence-corrected chi connectivity index (χ3v) is 10.6. The van der Waals surface area contributed by atoms with Crippen LogP contribution in [0.4, 0.5) is 9.59 Å². The van der Waals surface area contributed by atoms with Gasteiger partial charge in [-0.3, -0.25) is 9.69 Å². The number of amides is 3. The number of likely N-dealkylation sites (tertiary alicyclic amines) is 2. The Kier molecular flexibility index (Phi) is 8.07. The second-order valence-corrected chi connectivity index (χ2v) is 14.3. The van der Waals surface area contributed by atoms with Crippen molar-refractivity contribution in [2.24, 2.45) is 11.8 Å². The van der Waals surface area contributed by atoms with Crippen LogP contribution < -0.4 is 10.1 Å². The summed E-state index contributed by atoms with van der Waals surface area (Å²) in [7, 11) is 1.29. The van der Waals surface area contributed by atoms with Gasteiger partial charge in [0.25, 0.3) is 0 Å². The molecule has 264 valence electrons. The standard InChI is InChI=1S/C38H41N7O6/c1-19(2)32(43-37(47)50-4)36(46)45-17-20(3)12-30(45)35-40-27-10-8-21-14-26-24-9-7-22(13-23(24)18-51-31(26)15-25(21)33(27)42-35)28-16-39-34(41-28)29-6-5-11-44(29)38(48)49/h7-10,13-16,19-20,29-30,32H,5-6,11-12,17-18H2,1-4H3,(H,39,41)(H,40,42)(H,43,47)(H,48,49)/t20-,29-,30-,32?/m0/s1. The van der Waals surface area contributed by atoms with Gasteiger partial charge in [0.2, 0.25) is 5.91 Å². The number of aromatic amines is 2. The first-order valence-corrected chi connectivity index (χ1v) is 17.5. The third kappa shape index (κ3) is 5.70. The molecule has 51 heavy (non-hydrogen) atoms. The molecule has 2 fully saturated rings. The molecule has 1 unspecified atom stereocenters. The second kappa shape index (κ2) is 12.6. The zero-order chi connectivity index (χ0) is 35.6. The SMILES string of the molecule is COC(=O)NC(C(=O)N1C[C@@H](C)C[C@H]1c1nc2ccc3cc4c(cc3c2[nH]1)OCc1cc(-c2cnc([C@@H]3CCCN3C(=O)O)[nH]2)ccc1-4)C(C)C. The third-order valence-electron chi connectivity index (χ3n) is 10.6. The average Bonchev–Trinajstić information content (AvgIpc) is 3.94. The predicted molar refractivity (Wildman–Crippen MR) is 190 cm³/mol. The number of imidazole rings is 2. The molecule has 8 rings (SSSR count). The smallest absolute Gasteiger partial charge is 0.407 e. The average molecular weight is 692 g/mol. The van der Waals surface area contributed by atoms with Crippen LogP contribution in [0.25, 0.3) is 44.2 Å². The maximum absolute atomic E-state index is 13.8. The molecule has 2 aromatic heterocycles. The highest BCUT2D eigenvalue weighted by Crippen LogP contribution is 2.43. The molecular formula is C38H41N7O6. The number of carboxylic acid groups (broad SMARTS) is 1. The molecule has 3 aromatic carbocycles. The molecule has 4 atom stereocenters. The Bertz CT molecular complexity index is 2190. The van der Waals surface area contributed by atoms with Gasteiger partial charge >= 0.3 is 12.2 Å². The topological polar surface area (TPSA) is 166 Å². The van der Waals surface area contributed by atoms with Crippen LogP contribution in [-0.4, -0.2) is 79.2 Å². The van der Waals surface area contributed by atoms with Crippen molar-refractivity contribution in [3.05, 3.63) is 65.9 Å². The number of nitrogens with one attached hydrogen (secondary N) is 3. The summed E-state index contributed by atoms with van der Waals surface area (Å²) in [4.78, 5) is 57.3. The molecule has 13 heteroatoms. The first-order valence-electron chi connectivity index (χ1n) is 17.5. The summed E-state index contributed by atoms with van der Waals surface area (Å²) in [6.07, 6.45) is 2.55. The van der Waals surface area contributed by atoms with Gasteiger partial charge < -0.3 is 34.8 Å². The van der Waals surface area contributed by atoms with Crippen LogP contribution in [0.1, 0.15) is 69.3 Å². The summed E-state index contributed by atoms with van der Waals surface area (Å²) in [5, 5.41) is 14.3. The van der Waals surface area contributed by atoms with Crippen molar-refractivity contribution in [1.29, 1.82) is 0 Å². The molecule has 0 spiro atoms. The van der Waals surface area contributed by atoms with E-state index in [9.17, 15) is 19.5 Å². The number of carbonyl (C=O) groups is 3. The Morgan fingerprint density at radius 2 is 1.88 bits per heavy atom. The molecule has 13 nitrogen and oxygen atoms in total. The first kappa shape index (κ1) is 32.6. The van der Waals surface area contributed by atoms with E-state index in [0.717, 1.165) is 80.6 Å². The van der Waals surface area contributed by atoms with Gasteiger partial charge in [0.15, 0.2) is 0 Å². The number of carbonyl (C=O) groups excluding carboxylic acids is 2. The fourth-order valence-corrected chi connectivity index (χ4v) is 8.00. The molecule has 0 aliphatic carbocycles. The predicted octanol–water partition coefficient (Wildman–Crippen LogP) is 6.77. The van der Waals surface area contributed by atoms with Crippen molar-refractivity contribution >= 4 is 39.9 Å². The summed E-state index contributed by atoms with van der Waals surface area (Å²) in [5.41, 5.74) is 6.63. The minimum Gasteiger partial charge on any atom is -0.488 e. The van der Waals surface area contributed by atoms with E-state index in [1.165, 1.54) is 12.0 Å². The number of nitrogens with zero attached hydrogens (tertiary/aromatic N) is 4. The van der Waals surface area contributed by atoms with Gasteiger partial charge in [-0.2, -0.15) is 0 Å². The van der Waals surface area contributed by atoms with Gasteiger partial charge in [-0.15, -0.1) is 0 Å². The number of aromatic nitrogens is 4. The summed E-state index contributed by atoms with van der Waals surface area (Å²) in [6, 6.07) is 13.3. The molecule has 3 aliphatic heterocycles. The van der Waals surface area contributed by atoms with Crippen molar-refractivity contribution < 1.29 is 29.0 Å². The normalized spacial score (nSPS) is 20.4. The van der Waals surface area contributed by atoms with E-state index in [0.29, 0.717) is 25.5 Å². The maximum Gasteiger partial charge on any atom is 0.407 e. The zero-order valence-electron chi connectivity index (χ0n) is 29.0. The Hall–Kier alpha value is -5.59. The van der Waals surface area contributed by atoms with E-state index >= 15 is 0 Å². The molecular weight excluding hydrogens is 650 g/mol. The number of ether oxygens (including phenoxy) is 2. The lowest BCUT2D eigenvalue weighted by molar-refractivity contribution is -0.135. The number of rotatable bonds is 6. The van der Waals surface area contributed by atoms with Crippen molar-refractivity contribution in [2.45, 2.75) is 64.8 Å². The van der Waals surface area contributed by atoms with E-state index in [-0.39, 0.29) is 29.8 Å². The fraction of sp³-hybridized carbons (Fsp3) is 0.395. The van der Waals surface area contributed by atoms with E-state index in [1.807, 2.05) is 24.8 Å². The van der Waals surface area contributed by atoms with Crippen LogP contribution in [0.15, 0.2) is 48.7 Å². The Morgan fingerprint density at radius 1 is 1.04 bits per heavy atom. The lowest BCUT2D eigenvalue weighted by Crippen LogP contribution is -2.51.